The van der Waals surface area contributed by atoms with E-state index in [0.29, 0.717) is 6.42 Å². The Morgan fingerprint density at radius 1 is 0.892 bits per heavy atom. The minimum atomic E-state index is -4.99. The van der Waals surface area contributed by atoms with Crippen molar-refractivity contribution in [2.75, 3.05) is 6.54 Å². The van der Waals surface area contributed by atoms with Crippen LogP contribution >= 0.6 is 0 Å². The Balaban J connectivity index is -0.00000578. The Morgan fingerprint density at radius 3 is 1.86 bits per heavy atom. The van der Waals surface area contributed by atoms with Crippen LogP contribution in [0.25, 0.3) is 0 Å². The molecule has 0 aliphatic rings. The molecular formula is C25H43NNa2O8S. The largest absolute Gasteiger partial charge is 1.00 e. The van der Waals surface area contributed by atoms with Crippen LogP contribution in [-0.2, 0) is 24.4 Å². The molecule has 1 N–H and O–H groups in total. The number of aliphatic imine (C=N–C) groups is 1. The van der Waals surface area contributed by atoms with Gasteiger partial charge in [0.2, 0.25) is 0 Å². The quantitative estimate of drug-likeness (QED) is 0.0280. The van der Waals surface area contributed by atoms with Crippen molar-refractivity contribution in [2.24, 2.45) is 4.99 Å². The first-order chi connectivity index (χ1) is 16.6. The van der Waals surface area contributed by atoms with E-state index in [1.807, 2.05) is 0 Å². The molecule has 0 aliphatic heterocycles. The van der Waals surface area contributed by atoms with Gasteiger partial charge in [-0.25, -0.2) is 0 Å². The summed E-state index contributed by atoms with van der Waals surface area (Å²) < 4.78 is 35.6. The number of unbranched alkanes of at least 4 members (excludes halogenated alkanes) is 11. The number of carboxylic acid groups (broad SMARTS) is 1. The first kappa shape index (κ1) is 41.5. The summed E-state index contributed by atoms with van der Waals surface area (Å²) in [5.41, 5.74) is 0. The monoisotopic (exact) mass is 563 g/mol. The van der Waals surface area contributed by atoms with Gasteiger partial charge in [0, 0.05) is 0 Å². The molecule has 0 aromatic rings. The number of hydrogen-bond acceptors (Lipinski definition) is 8. The summed E-state index contributed by atoms with van der Waals surface area (Å²) >= 11 is 0. The van der Waals surface area contributed by atoms with Crippen LogP contribution in [0.4, 0.5) is 0 Å². The Bertz CT molecular complexity index is 760. The Labute approximate surface area is 267 Å². The molecule has 0 saturated carbocycles. The molecule has 0 radical (unpaired) electrons. The first-order valence-corrected chi connectivity index (χ1v) is 14.3. The maximum Gasteiger partial charge on any atom is 1.00 e. The fourth-order valence-electron chi connectivity index (χ4n) is 3.43. The molecule has 0 spiro atoms. The van der Waals surface area contributed by atoms with E-state index < -0.39 is 39.8 Å². The first-order valence-electron chi connectivity index (χ1n) is 12.8. The second-order valence-corrected chi connectivity index (χ2v) is 10.5. The van der Waals surface area contributed by atoms with Crippen molar-refractivity contribution in [2.45, 2.75) is 122 Å². The molecule has 0 bridgehead atoms. The van der Waals surface area contributed by atoms with E-state index in [-0.39, 0.29) is 71.6 Å². The number of nitrogens with zero attached hydrogens (tertiary/aromatic N) is 1. The molecule has 0 fully saturated rings. The summed E-state index contributed by atoms with van der Waals surface area (Å²) in [6.07, 6.45) is 18.1. The van der Waals surface area contributed by atoms with Gasteiger partial charge in [0.25, 0.3) is 10.1 Å². The van der Waals surface area contributed by atoms with Gasteiger partial charge in [0.05, 0.1) is 18.9 Å². The third-order valence-corrected chi connectivity index (χ3v) is 6.56. The number of aliphatic carboxylic acids is 1. The molecule has 0 rings (SSSR count). The molecule has 2 unspecified atom stereocenters. The van der Waals surface area contributed by atoms with E-state index in [4.69, 9.17) is 9.29 Å². The topological polar surface area (TPSA) is 156 Å². The normalized spacial score (nSPS) is 13.4. The number of allylic oxidation sites excluding steroid dienone is 2. The van der Waals surface area contributed by atoms with E-state index in [0.717, 1.165) is 38.5 Å². The zero-order valence-electron chi connectivity index (χ0n) is 23.3. The zero-order chi connectivity index (χ0) is 26.5. The molecule has 9 nitrogen and oxygen atoms in total. The summed E-state index contributed by atoms with van der Waals surface area (Å²) in [5, 5.41) is 20.2. The van der Waals surface area contributed by atoms with Gasteiger partial charge in [-0.15, -0.1) is 0 Å². The van der Waals surface area contributed by atoms with Crippen molar-refractivity contribution in [3.63, 3.8) is 0 Å². The Hall–Kier alpha value is 0.0600. The van der Waals surface area contributed by atoms with E-state index in [9.17, 15) is 28.2 Å². The predicted molar refractivity (Wildman–Crippen MR) is 132 cm³/mol. The minimum Gasteiger partial charge on any atom is -0.862 e. The van der Waals surface area contributed by atoms with E-state index in [2.05, 4.69) is 24.1 Å². The van der Waals surface area contributed by atoms with Crippen LogP contribution in [-0.4, -0.2) is 48.7 Å². The summed E-state index contributed by atoms with van der Waals surface area (Å²) in [6, 6.07) is 0. The molecule has 2 atom stereocenters. The van der Waals surface area contributed by atoms with Crippen LogP contribution < -0.4 is 69.3 Å². The van der Waals surface area contributed by atoms with Crippen molar-refractivity contribution in [3.05, 3.63) is 12.2 Å². The smallest absolute Gasteiger partial charge is 0.862 e. The number of carbonyl (C=O) groups is 2. The summed E-state index contributed by atoms with van der Waals surface area (Å²) in [6.45, 7) is 3.56. The standard InChI is InChI=1S/C25H45NO8S.2Na/c1-3-4-5-6-7-8-9-10-11-12-13-14-15-16-17-18-23(27)26-20-21(2)34-24(28)19-22(25(29)30)35(31,32)33;;/h10-11,21-22H,3-9,12-20H2,1-2H3,(H,26,27)(H,29,30)(H,31,32,33);;/q;2*+1/p-2/b11-10+;;. The number of ether oxygens (including phenoxy) is 1. The maximum atomic E-state index is 11.9. The number of rotatable bonds is 22. The van der Waals surface area contributed by atoms with Gasteiger partial charge in [-0.3, -0.25) is 9.35 Å². The molecule has 0 heterocycles. The van der Waals surface area contributed by atoms with Crippen molar-refractivity contribution >= 4 is 28.0 Å². The number of hydrogen-bond donors (Lipinski definition) is 1. The fourth-order valence-corrected chi connectivity index (χ4v) is 4.02. The van der Waals surface area contributed by atoms with E-state index in [1.54, 1.807) is 0 Å². The average molecular weight is 564 g/mol. The third kappa shape index (κ3) is 26.1. The maximum absolute atomic E-state index is 11.9. The molecule has 0 aliphatic carbocycles. The van der Waals surface area contributed by atoms with Gasteiger partial charge >= 0.3 is 65.1 Å². The van der Waals surface area contributed by atoms with Gasteiger partial charge in [0.1, 0.15) is 11.4 Å². The van der Waals surface area contributed by atoms with Crippen molar-refractivity contribution in [1.82, 2.24) is 0 Å². The molecule has 0 saturated heterocycles. The van der Waals surface area contributed by atoms with E-state index >= 15 is 0 Å². The van der Waals surface area contributed by atoms with Crippen LogP contribution in [0.15, 0.2) is 17.1 Å². The molecule has 37 heavy (non-hydrogen) atoms. The summed E-state index contributed by atoms with van der Waals surface area (Å²) in [5.74, 6) is -3.56. The van der Waals surface area contributed by atoms with Crippen LogP contribution in [0.1, 0.15) is 110 Å². The van der Waals surface area contributed by atoms with Gasteiger partial charge in [0.15, 0.2) is 0 Å². The van der Waals surface area contributed by atoms with Gasteiger partial charge in [-0.05, 0) is 51.3 Å². The van der Waals surface area contributed by atoms with Crippen LogP contribution in [0.3, 0.4) is 0 Å². The Kier molecular flexibility index (Phi) is 29.5. The molecule has 204 valence electrons. The summed E-state index contributed by atoms with van der Waals surface area (Å²) in [7, 11) is -4.99. The fraction of sp³-hybridized carbons (Fsp3) is 0.800. The zero-order valence-corrected chi connectivity index (χ0v) is 28.1. The molecular weight excluding hydrogens is 520 g/mol. The predicted octanol–water partition coefficient (Wildman–Crippen LogP) is -2.88. The second-order valence-electron chi connectivity index (χ2n) is 8.90. The number of esters is 1. The second kappa shape index (κ2) is 26.3. The molecule has 12 heteroatoms. The van der Waals surface area contributed by atoms with Crippen molar-refractivity contribution in [1.29, 1.82) is 0 Å². The number of carboxylic acids is 1. The average Bonchev–Trinajstić information content (AvgIpc) is 2.77. The van der Waals surface area contributed by atoms with Gasteiger partial charge in [-0.1, -0.05) is 70.4 Å². The minimum absolute atomic E-state index is 0. The van der Waals surface area contributed by atoms with Crippen LogP contribution in [0.2, 0.25) is 0 Å². The van der Waals surface area contributed by atoms with Crippen LogP contribution in [0.5, 0.6) is 0 Å². The van der Waals surface area contributed by atoms with Gasteiger partial charge < -0.3 is 24.7 Å². The van der Waals surface area contributed by atoms with E-state index in [1.165, 1.54) is 51.9 Å². The summed E-state index contributed by atoms with van der Waals surface area (Å²) in [4.78, 5) is 26.2. The molecule has 0 aromatic carbocycles. The Morgan fingerprint density at radius 2 is 1.38 bits per heavy atom. The SMILES string of the molecule is CCCCCCCC/C=C/CCCCCCCC([O-])=NCC(C)OC(=O)CC(C(=O)[O-])S(=O)(=O)O.[Na+].[Na+]. The van der Waals surface area contributed by atoms with Gasteiger partial charge in [-0.2, -0.15) is 8.42 Å². The molecule has 0 amide bonds. The van der Waals surface area contributed by atoms with Crippen LogP contribution in [0, 0.1) is 0 Å². The van der Waals surface area contributed by atoms with Crippen molar-refractivity contribution < 1.29 is 96.6 Å². The molecule has 0 aromatic heterocycles. The number of carbonyl (C=O) groups excluding carboxylic acids is 2. The third-order valence-electron chi connectivity index (χ3n) is 5.48. The van der Waals surface area contributed by atoms with Crippen molar-refractivity contribution in [3.8, 4) is 0 Å².